The number of rotatable bonds is 4. The van der Waals surface area contributed by atoms with Crippen LogP contribution < -0.4 is 0 Å². The number of nitrogens with zero attached hydrogens (tertiary/aromatic N) is 3. The molecule has 0 spiro atoms. The highest BCUT2D eigenvalue weighted by Gasteiger charge is 2.38. The van der Waals surface area contributed by atoms with E-state index in [2.05, 4.69) is 4.90 Å². The molecule has 2 amide bonds. The predicted molar refractivity (Wildman–Crippen MR) is 76.7 cm³/mol. The first kappa shape index (κ1) is 16.2. The van der Waals surface area contributed by atoms with E-state index in [0.717, 1.165) is 13.1 Å². The van der Waals surface area contributed by atoms with Crippen LogP contribution in [0.15, 0.2) is 0 Å². The topological polar surface area (TPSA) is 73.3 Å². The number of methoxy groups -OCH3 is 1. The van der Waals surface area contributed by atoms with Crippen molar-refractivity contribution in [3.63, 3.8) is 0 Å². The van der Waals surface area contributed by atoms with Gasteiger partial charge in [0, 0.05) is 53.3 Å². The Balaban J connectivity index is 1.85. The minimum Gasteiger partial charge on any atom is -0.390 e. The molecule has 0 unspecified atom stereocenters. The van der Waals surface area contributed by atoms with Crippen LogP contribution in [-0.4, -0.2) is 96.8 Å². The Kier molecular flexibility index (Phi) is 5.55. The van der Waals surface area contributed by atoms with Crippen molar-refractivity contribution >= 4 is 11.8 Å². The second kappa shape index (κ2) is 7.20. The van der Waals surface area contributed by atoms with Gasteiger partial charge in [-0.3, -0.25) is 14.5 Å². The van der Waals surface area contributed by atoms with Crippen molar-refractivity contribution in [3.8, 4) is 0 Å². The van der Waals surface area contributed by atoms with Crippen molar-refractivity contribution in [2.75, 3.05) is 53.0 Å². The monoisotopic (exact) mass is 299 g/mol. The Hall–Kier alpha value is -1.18. The van der Waals surface area contributed by atoms with Crippen molar-refractivity contribution < 1.29 is 19.4 Å². The lowest BCUT2D eigenvalue weighted by Crippen LogP contribution is -2.54. The first-order chi connectivity index (χ1) is 10.0. The molecular weight excluding hydrogens is 274 g/mol. The summed E-state index contributed by atoms with van der Waals surface area (Å²) in [7, 11) is 1.57. The van der Waals surface area contributed by atoms with E-state index in [0.29, 0.717) is 39.2 Å². The second-order valence-electron chi connectivity index (χ2n) is 5.72. The molecule has 0 aliphatic carbocycles. The van der Waals surface area contributed by atoms with Gasteiger partial charge >= 0.3 is 0 Å². The molecule has 0 saturated carbocycles. The molecule has 2 atom stereocenters. The fraction of sp³-hybridized carbons (Fsp3) is 0.857. The molecule has 0 aromatic heterocycles. The van der Waals surface area contributed by atoms with Crippen LogP contribution in [0.1, 0.15) is 13.3 Å². The lowest BCUT2D eigenvalue weighted by atomic mass is 10.1. The summed E-state index contributed by atoms with van der Waals surface area (Å²) in [6.45, 7) is 5.82. The Bertz CT molecular complexity index is 382. The van der Waals surface area contributed by atoms with Gasteiger partial charge < -0.3 is 19.6 Å². The fourth-order valence-corrected chi connectivity index (χ4v) is 3.05. The van der Waals surface area contributed by atoms with E-state index in [1.807, 2.05) is 4.90 Å². The van der Waals surface area contributed by atoms with E-state index in [4.69, 9.17) is 4.74 Å². The van der Waals surface area contributed by atoms with Crippen molar-refractivity contribution in [1.82, 2.24) is 14.7 Å². The summed E-state index contributed by atoms with van der Waals surface area (Å²) in [6.07, 6.45) is -0.158. The van der Waals surface area contributed by atoms with Gasteiger partial charge in [-0.15, -0.1) is 0 Å². The maximum Gasteiger partial charge on any atom is 0.225 e. The summed E-state index contributed by atoms with van der Waals surface area (Å²) in [4.78, 5) is 29.0. The molecule has 1 N–H and O–H groups in total. The molecule has 0 radical (unpaired) electrons. The van der Waals surface area contributed by atoms with Gasteiger partial charge in [0.1, 0.15) is 0 Å². The Labute approximate surface area is 125 Å². The minimum absolute atomic E-state index is 0.0226. The zero-order valence-electron chi connectivity index (χ0n) is 12.8. The van der Waals surface area contributed by atoms with Gasteiger partial charge in [0.25, 0.3) is 0 Å². The van der Waals surface area contributed by atoms with Gasteiger partial charge in [-0.05, 0) is 0 Å². The van der Waals surface area contributed by atoms with Crippen LogP contribution in [0, 0.1) is 0 Å². The van der Waals surface area contributed by atoms with Gasteiger partial charge in [-0.2, -0.15) is 0 Å². The number of hydrogen-bond acceptors (Lipinski definition) is 5. The summed E-state index contributed by atoms with van der Waals surface area (Å²) in [5.41, 5.74) is 0. The molecule has 2 rings (SSSR count). The summed E-state index contributed by atoms with van der Waals surface area (Å²) in [5, 5.41) is 10.2. The van der Waals surface area contributed by atoms with E-state index in [1.54, 1.807) is 18.9 Å². The van der Waals surface area contributed by atoms with Crippen molar-refractivity contribution in [2.24, 2.45) is 0 Å². The number of ether oxygens (including phenoxy) is 1. The molecule has 7 nitrogen and oxygen atoms in total. The van der Waals surface area contributed by atoms with Gasteiger partial charge in [0.2, 0.25) is 11.8 Å². The Morgan fingerprint density at radius 1 is 1.14 bits per heavy atom. The lowest BCUT2D eigenvalue weighted by Gasteiger charge is -2.38. The smallest absolute Gasteiger partial charge is 0.225 e. The quantitative estimate of drug-likeness (QED) is 0.703. The molecular formula is C14H25N3O4. The van der Waals surface area contributed by atoms with Crippen molar-refractivity contribution in [2.45, 2.75) is 25.5 Å². The summed E-state index contributed by atoms with van der Waals surface area (Å²) < 4.78 is 4.92. The number of carbonyl (C=O) groups excluding carboxylic acids is 2. The van der Waals surface area contributed by atoms with Crippen LogP contribution >= 0.6 is 0 Å². The third-order valence-electron chi connectivity index (χ3n) is 4.36. The van der Waals surface area contributed by atoms with Crippen LogP contribution in [0.25, 0.3) is 0 Å². The molecule has 21 heavy (non-hydrogen) atoms. The van der Waals surface area contributed by atoms with Crippen LogP contribution in [0.2, 0.25) is 0 Å². The summed E-state index contributed by atoms with van der Waals surface area (Å²) in [6, 6.07) is -0.0226. The average Bonchev–Trinajstić information content (AvgIpc) is 2.87. The number of aliphatic hydroxyl groups is 1. The number of hydrogen-bond donors (Lipinski definition) is 1. The maximum absolute atomic E-state index is 12.0. The first-order valence-corrected chi connectivity index (χ1v) is 7.47. The van der Waals surface area contributed by atoms with E-state index in [1.165, 1.54) is 0 Å². The highest BCUT2D eigenvalue weighted by Crippen LogP contribution is 2.19. The third kappa shape index (κ3) is 3.93. The number of aliphatic hydroxyl groups excluding tert-OH is 1. The molecule has 2 aliphatic heterocycles. The number of carbonyl (C=O) groups is 2. The van der Waals surface area contributed by atoms with Gasteiger partial charge in [-0.1, -0.05) is 0 Å². The molecule has 0 bridgehead atoms. The SMILES string of the molecule is COCCC(=O)N1C[C@@H](O)[C@H](N2CCN(C(C)=O)CC2)C1. The van der Waals surface area contributed by atoms with Gasteiger partial charge in [-0.25, -0.2) is 0 Å². The summed E-state index contributed by atoms with van der Waals surface area (Å²) in [5.74, 6) is 0.124. The predicted octanol–water partition coefficient (Wildman–Crippen LogP) is -1.24. The standard InChI is InChI=1S/C14H25N3O4/c1-11(18)15-4-6-16(7-5-15)12-9-17(10-13(12)19)14(20)3-8-21-2/h12-13,19H,3-10H2,1-2H3/t12-,13-/m1/s1. The maximum atomic E-state index is 12.0. The third-order valence-corrected chi connectivity index (χ3v) is 4.36. The zero-order valence-corrected chi connectivity index (χ0v) is 12.8. The molecule has 2 heterocycles. The molecule has 0 aromatic rings. The molecule has 0 aromatic carbocycles. The lowest BCUT2D eigenvalue weighted by molar-refractivity contribution is -0.131. The Morgan fingerprint density at radius 3 is 2.38 bits per heavy atom. The molecule has 2 fully saturated rings. The van der Waals surface area contributed by atoms with E-state index < -0.39 is 6.10 Å². The number of piperazine rings is 1. The first-order valence-electron chi connectivity index (χ1n) is 7.47. The van der Waals surface area contributed by atoms with Gasteiger partial charge in [0.15, 0.2) is 0 Å². The molecule has 7 heteroatoms. The van der Waals surface area contributed by atoms with Crippen LogP contribution in [-0.2, 0) is 14.3 Å². The molecule has 2 saturated heterocycles. The summed E-state index contributed by atoms with van der Waals surface area (Å²) >= 11 is 0. The number of likely N-dealkylation sites (tertiary alicyclic amines) is 1. The van der Waals surface area contributed by atoms with Gasteiger partial charge in [0.05, 0.1) is 25.2 Å². The van der Waals surface area contributed by atoms with E-state index >= 15 is 0 Å². The highest BCUT2D eigenvalue weighted by atomic mass is 16.5. The van der Waals surface area contributed by atoms with Crippen molar-refractivity contribution in [1.29, 1.82) is 0 Å². The molecule has 120 valence electrons. The van der Waals surface area contributed by atoms with Crippen LogP contribution in [0.3, 0.4) is 0 Å². The average molecular weight is 299 g/mol. The highest BCUT2D eigenvalue weighted by molar-refractivity contribution is 5.76. The van der Waals surface area contributed by atoms with Crippen molar-refractivity contribution in [3.05, 3.63) is 0 Å². The number of amides is 2. The normalized spacial score (nSPS) is 27.2. The molecule has 2 aliphatic rings. The fourth-order valence-electron chi connectivity index (χ4n) is 3.05. The van der Waals surface area contributed by atoms with Crippen LogP contribution in [0.5, 0.6) is 0 Å². The van der Waals surface area contributed by atoms with E-state index in [9.17, 15) is 14.7 Å². The van der Waals surface area contributed by atoms with E-state index in [-0.39, 0.29) is 17.9 Å². The minimum atomic E-state index is -0.514. The second-order valence-corrected chi connectivity index (χ2v) is 5.72. The number of β-amino-alcohol motifs (C(OH)–C–C–N with tert-alkyl or cyclic N) is 1. The Morgan fingerprint density at radius 2 is 1.81 bits per heavy atom. The largest absolute Gasteiger partial charge is 0.390 e. The zero-order chi connectivity index (χ0) is 15.4. The van der Waals surface area contributed by atoms with Crippen LogP contribution in [0.4, 0.5) is 0 Å².